The lowest BCUT2D eigenvalue weighted by atomic mass is 10.0. The lowest BCUT2D eigenvalue weighted by molar-refractivity contribution is -0.129. The number of thioether (sulfide) groups is 1. The van der Waals surface area contributed by atoms with Crippen molar-refractivity contribution >= 4 is 69.5 Å². The molecule has 0 saturated heterocycles. The molecule has 0 fully saturated rings. The molecule has 2 aromatic heterocycles. The van der Waals surface area contributed by atoms with Gasteiger partial charge in [0.2, 0.25) is 11.8 Å². The second-order valence-corrected chi connectivity index (χ2v) is 13.7. The summed E-state index contributed by atoms with van der Waals surface area (Å²) in [5.74, 6) is -1.82. The molecule has 3 heterocycles. The predicted molar refractivity (Wildman–Crippen MR) is 195 cm³/mol. The standard InChI is InChI=1S/C37H37N5O6S2/c1-4-30(35(46)41-36-32(37(47)48-5-2)28-16-18-42(23(3)43)22-31(28)50-36)49-27-15-9-14-26(20-27)39-34(45)29(19-24-11-10-17-38-21-24)40-33(44)25-12-7-6-8-13-25/h6-15,17,19-21,30H,4-5,16,18,22H2,1-3H3,(H,39,45)(H,40,44)(H,41,46)/b29-19-. The largest absolute Gasteiger partial charge is 0.462 e. The van der Waals surface area contributed by atoms with Gasteiger partial charge in [0.1, 0.15) is 10.7 Å². The van der Waals surface area contributed by atoms with E-state index in [1.165, 1.54) is 30.0 Å². The van der Waals surface area contributed by atoms with Crippen LogP contribution < -0.4 is 16.0 Å². The van der Waals surface area contributed by atoms with E-state index in [2.05, 4.69) is 20.9 Å². The van der Waals surface area contributed by atoms with Gasteiger partial charge in [0.25, 0.3) is 11.8 Å². The minimum Gasteiger partial charge on any atom is -0.462 e. The lowest BCUT2D eigenvalue weighted by Crippen LogP contribution is -2.34. The van der Waals surface area contributed by atoms with Crippen molar-refractivity contribution in [3.8, 4) is 0 Å². The van der Waals surface area contributed by atoms with Crippen molar-refractivity contribution in [2.24, 2.45) is 0 Å². The Morgan fingerprint density at radius 1 is 1.02 bits per heavy atom. The maximum absolute atomic E-state index is 13.6. The van der Waals surface area contributed by atoms with Crippen molar-refractivity contribution in [1.82, 2.24) is 15.2 Å². The number of aromatic nitrogens is 1. The Labute approximate surface area is 298 Å². The Morgan fingerprint density at radius 3 is 2.52 bits per heavy atom. The van der Waals surface area contributed by atoms with Crippen LogP contribution in [0.4, 0.5) is 10.7 Å². The molecule has 0 spiro atoms. The van der Waals surface area contributed by atoms with Gasteiger partial charge in [-0.1, -0.05) is 37.3 Å². The van der Waals surface area contributed by atoms with Gasteiger partial charge < -0.3 is 25.6 Å². The molecule has 1 aliphatic rings. The Balaban J connectivity index is 1.31. The van der Waals surface area contributed by atoms with E-state index in [1.54, 1.807) is 91.0 Å². The average molecular weight is 712 g/mol. The van der Waals surface area contributed by atoms with Gasteiger partial charge in [-0.05, 0) is 73.4 Å². The number of rotatable bonds is 12. The number of anilines is 2. The highest BCUT2D eigenvalue weighted by molar-refractivity contribution is 8.00. The number of pyridine rings is 1. The van der Waals surface area contributed by atoms with Crippen molar-refractivity contribution in [3.63, 3.8) is 0 Å². The zero-order chi connectivity index (χ0) is 35.6. The fourth-order valence-electron chi connectivity index (χ4n) is 5.27. The number of benzene rings is 2. The number of nitrogens with one attached hydrogen (secondary N) is 3. The van der Waals surface area contributed by atoms with Crippen LogP contribution in [0.1, 0.15) is 63.9 Å². The Bertz CT molecular complexity index is 1910. The van der Waals surface area contributed by atoms with Crippen molar-refractivity contribution in [3.05, 3.63) is 112 Å². The van der Waals surface area contributed by atoms with Crippen molar-refractivity contribution in [2.45, 2.75) is 50.3 Å². The van der Waals surface area contributed by atoms with Gasteiger partial charge in [0.15, 0.2) is 0 Å². The monoisotopic (exact) mass is 711 g/mol. The average Bonchev–Trinajstić information content (AvgIpc) is 3.48. The maximum Gasteiger partial charge on any atom is 0.341 e. The van der Waals surface area contributed by atoms with Crippen molar-refractivity contribution in [1.29, 1.82) is 0 Å². The molecule has 3 N–H and O–H groups in total. The number of hydrogen-bond donors (Lipinski definition) is 3. The first kappa shape index (κ1) is 36.0. The number of amides is 4. The first-order valence-electron chi connectivity index (χ1n) is 16.1. The molecule has 1 atom stereocenters. The van der Waals surface area contributed by atoms with Crippen LogP contribution in [0.25, 0.3) is 6.08 Å². The van der Waals surface area contributed by atoms with Gasteiger partial charge in [-0.2, -0.15) is 0 Å². The summed E-state index contributed by atoms with van der Waals surface area (Å²) in [6.45, 7) is 6.18. The Kier molecular flexibility index (Phi) is 12.2. The summed E-state index contributed by atoms with van der Waals surface area (Å²) in [5, 5.41) is 8.42. The van der Waals surface area contributed by atoms with Crippen LogP contribution in [0, 0.1) is 0 Å². The summed E-state index contributed by atoms with van der Waals surface area (Å²) in [6.07, 6.45) is 5.72. The highest BCUT2D eigenvalue weighted by Crippen LogP contribution is 2.38. The van der Waals surface area contributed by atoms with Crippen LogP contribution in [0.3, 0.4) is 0 Å². The molecule has 0 saturated carbocycles. The van der Waals surface area contributed by atoms with Crippen molar-refractivity contribution in [2.75, 3.05) is 23.8 Å². The third kappa shape index (κ3) is 9.04. The topological polar surface area (TPSA) is 147 Å². The van der Waals surface area contributed by atoms with Gasteiger partial charge in [-0.3, -0.25) is 24.2 Å². The molecule has 11 nitrogen and oxygen atoms in total. The first-order chi connectivity index (χ1) is 24.2. The third-order valence-corrected chi connectivity index (χ3v) is 10.3. The molecule has 50 heavy (non-hydrogen) atoms. The van der Waals surface area contributed by atoms with E-state index in [-0.39, 0.29) is 24.1 Å². The van der Waals surface area contributed by atoms with E-state index in [0.29, 0.717) is 53.3 Å². The van der Waals surface area contributed by atoms with Crippen molar-refractivity contribution < 1.29 is 28.7 Å². The van der Waals surface area contributed by atoms with Crippen LogP contribution >= 0.6 is 23.1 Å². The number of carbonyl (C=O) groups is 5. The van der Waals surface area contributed by atoms with E-state index in [0.717, 1.165) is 15.3 Å². The van der Waals surface area contributed by atoms with Gasteiger partial charge in [0, 0.05) is 46.9 Å². The second-order valence-electron chi connectivity index (χ2n) is 11.3. The fourth-order valence-corrected chi connectivity index (χ4v) is 7.54. The molecule has 5 rings (SSSR count). The smallest absolute Gasteiger partial charge is 0.341 e. The number of fused-ring (bicyclic) bond motifs is 1. The summed E-state index contributed by atoms with van der Waals surface area (Å²) in [6, 6.07) is 19.2. The van der Waals surface area contributed by atoms with E-state index in [4.69, 9.17) is 4.74 Å². The van der Waals surface area contributed by atoms with Gasteiger partial charge in [-0.15, -0.1) is 23.1 Å². The summed E-state index contributed by atoms with van der Waals surface area (Å²) in [5.41, 5.74) is 2.67. The normalized spacial score (nSPS) is 13.1. The fraction of sp³-hybridized carbons (Fsp3) is 0.243. The quantitative estimate of drug-likeness (QED) is 0.0902. The number of esters is 1. The molecular formula is C37H37N5O6S2. The van der Waals surface area contributed by atoms with Crippen LogP contribution in [-0.4, -0.2) is 57.9 Å². The molecule has 0 aliphatic carbocycles. The highest BCUT2D eigenvalue weighted by Gasteiger charge is 2.31. The minimum atomic E-state index is -0.540. The second kappa shape index (κ2) is 16.9. The van der Waals surface area contributed by atoms with E-state index >= 15 is 0 Å². The summed E-state index contributed by atoms with van der Waals surface area (Å²) < 4.78 is 5.34. The molecule has 0 radical (unpaired) electrons. The summed E-state index contributed by atoms with van der Waals surface area (Å²) >= 11 is 2.61. The van der Waals surface area contributed by atoms with Gasteiger partial charge in [-0.25, -0.2) is 4.79 Å². The first-order valence-corrected chi connectivity index (χ1v) is 17.8. The number of hydrogen-bond acceptors (Lipinski definition) is 9. The number of ether oxygens (including phenoxy) is 1. The molecule has 4 aromatic rings. The molecule has 13 heteroatoms. The van der Waals surface area contributed by atoms with Crippen LogP contribution in [-0.2, 0) is 32.1 Å². The number of nitrogens with zero attached hydrogens (tertiary/aromatic N) is 2. The molecule has 258 valence electrons. The third-order valence-electron chi connectivity index (χ3n) is 7.78. The highest BCUT2D eigenvalue weighted by atomic mass is 32.2. The van der Waals surface area contributed by atoms with Crippen LogP contribution in [0.15, 0.2) is 89.7 Å². The zero-order valence-electron chi connectivity index (χ0n) is 27.9. The van der Waals surface area contributed by atoms with E-state index in [9.17, 15) is 24.0 Å². The molecule has 0 bridgehead atoms. The molecule has 1 aliphatic heterocycles. The molecule has 1 unspecified atom stereocenters. The number of carbonyl (C=O) groups excluding carboxylic acids is 5. The van der Waals surface area contributed by atoms with Crippen LogP contribution in [0.2, 0.25) is 0 Å². The van der Waals surface area contributed by atoms with Crippen LogP contribution in [0.5, 0.6) is 0 Å². The van der Waals surface area contributed by atoms with E-state index in [1.807, 2.05) is 13.0 Å². The molecule has 4 amide bonds. The van der Waals surface area contributed by atoms with E-state index < -0.39 is 23.0 Å². The van der Waals surface area contributed by atoms with Gasteiger partial charge in [0.05, 0.1) is 24.0 Å². The summed E-state index contributed by atoms with van der Waals surface area (Å²) in [4.78, 5) is 72.6. The molecular weight excluding hydrogens is 675 g/mol. The number of thiophene rings is 1. The SMILES string of the molecule is CCOC(=O)c1c(NC(=O)C(CC)Sc2cccc(NC(=O)/C(=C/c3cccnc3)NC(=O)c3ccccc3)c2)sc2c1CCN(C(C)=O)C2. The summed E-state index contributed by atoms with van der Waals surface area (Å²) in [7, 11) is 0. The minimum absolute atomic E-state index is 0.0261. The Hall–Kier alpha value is -5.27. The Morgan fingerprint density at radius 2 is 1.82 bits per heavy atom. The predicted octanol–water partition coefficient (Wildman–Crippen LogP) is 6.14. The van der Waals surface area contributed by atoms with Gasteiger partial charge >= 0.3 is 5.97 Å². The molecule has 2 aromatic carbocycles. The lowest BCUT2D eigenvalue weighted by Gasteiger charge is -2.25. The zero-order valence-corrected chi connectivity index (χ0v) is 29.5. The maximum atomic E-state index is 13.6.